The van der Waals surface area contributed by atoms with E-state index in [1.807, 2.05) is 0 Å². The Morgan fingerprint density at radius 3 is 2.28 bits per heavy atom. The lowest BCUT2D eigenvalue weighted by atomic mass is 9.72. The van der Waals surface area contributed by atoms with Gasteiger partial charge in [0.15, 0.2) is 0 Å². The number of nitrogens with zero attached hydrogens (tertiary/aromatic N) is 2. The number of anilines is 1. The zero-order chi connectivity index (χ0) is 20.5. The van der Waals surface area contributed by atoms with Crippen molar-refractivity contribution in [3.63, 3.8) is 0 Å². The lowest BCUT2D eigenvalue weighted by Gasteiger charge is -2.36. The molecule has 29 heavy (non-hydrogen) atoms. The zero-order valence-corrected chi connectivity index (χ0v) is 16.7. The van der Waals surface area contributed by atoms with E-state index in [1.165, 1.54) is 6.42 Å². The highest BCUT2D eigenvalue weighted by atomic mass is 19.4. The first-order valence-electron chi connectivity index (χ1n) is 10.7. The quantitative estimate of drug-likeness (QED) is 0.685. The molecule has 1 atom stereocenters. The smallest absolute Gasteiger partial charge is 0.416 e. The molecule has 1 saturated carbocycles. The predicted octanol–water partition coefficient (Wildman–Crippen LogP) is 4.48. The van der Waals surface area contributed by atoms with Gasteiger partial charge in [-0.2, -0.15) is 13.2 Å². The topological polar surface area (TPSA) is 32.8 Å². The molecule has 3 fully saturated rings. The number of rotatable bonds is 4. The third-order valence-corrected chi connectivity index (χ3v) is 6.84. The molecule has 2 heterocycles. The van der Waals surface area contributed by atoms with Gasteiger partial charge >= 0.3 is 12.1 Å². The molecule has 160 valence electrons. The molecule has 2 aliphatic heterocycles. The molecule has 4 rings (SSSR count). The van der Waals surface area contributed by atoms with Gasteiger partial charge in [-0.3, -0.25) is 9.69 Å². The predicted molar refractivity (Wildman–Crippen MR) is 105 cm³/mol. The lowest BCUT2D eigenvalue weighted by molar-refractivity contribution is -0.150. The van der Waals surface area contributed by atoms with Crippen LogP contribution in [0, 0.1) is 5.41 Å². The van der Waals surface area contributed by atoms with Gasteiger partial charge in [0.25, 0.3) is 0 Å². The second-order valence-corrected chi connectivity index (χ2v) is 8.73. The van der Waals surface area contributed by atoms with Gasteiger partial charge in [-0.25, -0.2) is 0 Å². The van der Waals surface area contributed by atoms with Crippen LogP contribution in [-0.4, -0.2) is 49.7 Å². The second kappa shape index (κ2) is 8.17. The standard InChI is InChI=1S/C22H29F3N2O2/c23-22(24,25)17-4-6-18(7-5-17)27-14-12-26(13-15-27)11-8-19-16-21(20(28)29-19)9-2-1-3-10-21/h4-7,19H,1-3,8-16H2. The maximum atomic E-state index is 12.7. The molecule has 1 aliphatic carbocycles. The van der Waals surface area contributed by atoms with Gasteiger partial charge in [0, 0.05) is 44.8 Å². The molecule has 1 aromatic rings. The first kappa shape index (κ1) is 20.5. The Kier molecular flexibility index (Phi) is 5.78. The van der Waals surface area contributed by atoms with Crippen molar-refractivity contribution < 1.29 is 22.7 Å². The van der Waals surface area contributed by atoms with Gasteiger partial charge in [0.05, 0.1) is 11.0 Å². The van der Waals surface area contributed by atoms with E-state index < -0.39 is 11.7 Å². The van der Waals surface area contributed by atoms with Gasteiger partial charge in [0.1, 0.15) is 6.10 Å². The summed E-state index contributed by atoms with van der Waals surface area (Å²) in [5.74, 6) is 0.0225. The summed E-state index contributed by atoms with van der Waals surface area (Å²) in [5, 5.41) is 0. The first-order chi connectivity index (χ1) is 13.9. The van der Waals surface area contributed by atoms with Crippen molar-refractivity contribution in [2.45, 2.75) is 57.2 Å². The summed E-state index contributed by atoms with van der Waals surface area (Å²) >= 11 is 0. The summed E-state index contributed by atoms with van der Waals surface area (Å²) < 4.78 is 43.9. The van der Waals surface area contributed by atoms with E-state index in [0.717, 1.165) is 89.1 Å². The number of hydrogen-bond acceptors (Lipinski definition) is 4. The van der Waals surface area contributed by atoms with Crippen LogP contribution < -0.4 is 4.90 Å². The number of esters is 1. The van der Waals surface area contributed by atoms with E-state index in [0.29, 0.717) is 0 Å². The van der Waals surface area contributed by atoms with Gasteiger partial charge < -0.3 is 9.64 Å². The normalized spacial score (nSPS) is 25.4. The van der Waals surface area contributed by atoms with Crippen LogP contribution in [0.1, 0.15) is 50.5 Å². The third kappa shape index (κ3) is 4.55. The number of halogens is 3. The second-order valence-electron chi connectivity index (χ2n) is 8.73. The van der Waals surface area contributed by atoms with Crippen molar-refractivity contribution in [1.29, 1.82) is 0 Å². The number of alkyl halides is 3. The summed E-state index contributed by atoms with van der Waals surface area (Å²) in [6.45, 7) is 4.22. The van der Waals surface area contributed by atoms with E-state index in [1.54, 1.807) is 12.1 Å². The van der Waals surface area contributed by atoms with Crippen molar-refractivity contribution in [3.05, 3.63) is 29.8 Å². The molecule has 0 amide bonds. The van der Waals surface area contributed by atoms with Crippen LogP contribution in [0.3, 0.4) is 0 Å². The highest BCUT2D eigenvalue weighted by Gasteiger charge is 2.48. The summed E-state index contributed by atoms with van der Waals surface area (Å²) in [5.41, 5.74) is 0.0211. The van der Waals surface area contributed by atoms with Crippen LogP contribution in [0.5, 0.6) is 0 Å². The van der Waals surface area contributed by atoms with E-state index in [9.17, 15) is 18.0 Å². The molecule has 0 bridgehead atoms. The molecule has 1 unspecified atom stereocenters. The SMILES string of the molecule is O=C1OC(CCN2CCN(c3ccc(C(F)(F)F)cc3)CC2)CC12CCCCC2. The Labute approximate surface area is 170 Å². The summed E-state index contributed by atoms with van der Waals surface area (Å²) in [7, 11) is 0. The number of carbonyl (C=O) groups is 1. The fraction of sp³-hybridized carbons (Fsp3) is 0.682. The number of piperazine rings is 1. The van der Waals surface area contributed by atoms with Crippen molar-refractivity contribution in [1.82, 2.24) is 4.90 Å². The highest BCUT2D eigenvalue weighted by molar-refractivity contribution is 5.79. The molecule has 1 aromatic carbocycles. The van der Waals surface area contributed by atoms with Crippen molar-refractivity contribution in [3.8, 4) is 0 Å². The van der Waals surface area contributed by atoms with Crippen molar-refractivity contribution in [2.75, 3.05) is 37.6 Å². The molecular weight excluding hydrogens is 381 g/mol. The zero-order valence-electron chi connectivity index (χ0n) is 16.7. The average Bonchev–Trinajstić information content (AvgIpc) is 3.01. The Morgan fingerprint density at radius 2 is 1.66 bits per heavy atom. The fourth-order valence-corrected chi connectivity index (χ4v) is 5.05. The molecule has 1 spiro atoms. The maximum absolute atomic E-state index is 12.7. The van der Waals surface area contributed by atoms with Gasteiger partial charge in [-0.1, -0.05) is 19.3 Å². The molecule has 2 saturated heterocycles. The van der Waals surface area contributed by atoms with E-state index in [2.05, 4.69) is 9.80 Å². The van der Waals surface area contributed by atoms with Crippen LogP contribution >= 0.6 is 0 Å². The largest absolute Gasteiger partial charge is 0.462 e. The molecule has 4 nitrogen and oxygen atoms in total. The summed E-state index contributed by atoms with van der Waals surface area (Å²) in [6, 6.07) is 5.41. The third-order valence-electron chi connectivity index (χ3n) is 6.84. The Morgan fingerprint density at radius 1 is 1.00 bits per heavy atom. The van der Waals surface area contributed by atoms with Crippen molar-refractivity contribution >= 4 is 11.7 Å². The van der Waals surface area contributed by atoms with Crippen LogP contribution in [-0.2, 0) is 15.7 Å². The van der Waals surface area contributed by atoms with Crippen molar-refractivity contribution in [2.24, 2.45) is 5.41 Å². The van der Waals surface area contributed by atoms with Crippen LogP contribution in [0.25, 0.3) is 0 Å². The highest BCUT2D eigenvalue weighted by Crippen LogP contribution is 2.46. The molecule has 0 radical (unpaired) electrons. The molecular formula is C22H29F3N2O2. The monoisotopic (exact) mass is 410 g/mol. The first-order valence-corrected chi connectivity index (χ1v) is 10.7. The minimum absolute atomic E-state index is 0.0225. The molecule has 7 heteroatoms. The minimum Gasteiger partial charge on any atom is -0.462 e. The number of carbonyl (C=O) groups excluding carboxylic acids is 1. The lowest BCUT2D eigenvalue weighted by Crippen LogP contribution is -2.47. The molecule has 3 aliphatic rings. The van der Waals surface area contributed by atoms with Crippen LogP contribution in [0.15, 0.2) is 24.3 Å². The number of benzene rings is 1. The van der Waals surface area contributed by atoms with Gasteiger partial charge in [-0.15, -0.1) is 0 Å². The average molecular weight is 410 g/mol. The van der Waals surface area contributed by atoms with E-state index in [-0.39, 0.29) is 17.5 Å². The number of cyclic esters (lactones) is 1. The number of hydrogen-bond donors (Lipinski definition) is 0. The van der Waals surface area contributed by atoms with Crippen LogP contribution in [0.2, 0.25) is 0 Å². The minimum atomic E-state index is -4.29. The van der Waals surface area contributed by atoms with E-state index >= 15 is 0 Å². The Hall–Kier alpha value is -1.76. The number of ether oxygens (including phenoxy) is 1. The molecule has 0 aromatic heterocycles. The van der Waals surface area contributed by atoms with Gasteiger partial charge in [0.2, 0.25) is 0 Å². The van der Waals surface area contributed by atoms with Gasteiger partial charge in [-0.05, 0) is 43.5 Å². The Bertz CT molecular complexity index is 706. The van der Waals surface area contributed by atoms with E-state index in [4.69, 9.17) is 4.74 Å². The summed E-state index contributed by atoms with van der Waals surface area (Å²) in [6.07, 6.45) is 2.93. The maximum Gasteiger partial charge on any atom is 0.416 e. The summed E-state index contributed by atoms with van der Waals surface area (Å²) in [4.78, 5) is 16.9. The Balaban J connectivity index is 1.23. The van der Waals surface area contributed by atoms with Crippen LogP contribution in [0.4, 0.5) is 18.9 Å². The fourth-order valence-electron chi connectivity index (χ4n) is 5.05. The molecule has 0 N–H and O–H groups in total.